The minimum atomic E-state index is 0.193. The van der Waals surface area contributed by atoms with E-state index in [1.165, 1.54) is 19.3 Å². The molecule has 0 amide bonds. The molecule has 1 saturated heterocycles. The first-order valence-electron chi connectivity index (χ1n) is 8.58. The predicted octanol–water partition coefficient (Wildman–Crippen LogP) is 3.27. The Labute approximate surface area is 135 Å². The number of aromatic nitrogens is 3. The Bertz CT molecular complexity index is 628. The second kappa shape index (κ2) is 6.66. The summed E-state index contributed by atoms with van der Waals surface area (Å²) in [5.41, 5.74) is 0.856. The van der Waals surface area contributed by atoms with E-state index in [0.717, 1.165) is 37.8 Å². The summed E-state index contributed by atoms with van der Waals surface area (Å²) in [5, 5.41) is 7.43. The molecule has 1 atom stereocenters. The summed E-state index contributed by atoms with van der Waals surface area (Å²) in [6, 6.07) is 4.04. The normalized spacial score (nSPS) is 22.3. The second-order valence-electron chi connectivity index (χ2n) is 6.37. The number of pyridine rings is 1. The van der Waals surface area contributed by atoms with Gasteiger partial charge in [-0.05, 0) is 51.1 Å². The third-order valence-electron chi connectivity index (χ3n) is 4.63. The molecular formula is C17H22N4O2. The predicted molar refractivity (Wildman–Crippen MR) is 85.0 cm³/mol. The molecule has 6 heteroatoms. The first-order chi connectivity index (χ1) is 11.4. The van der Waals surface area contributed by atoms with Crippen LogP contribution in [0.15, 0.2) is 22.9 Å². The Balaban J connectivity index is 1.43. The standard InChI is InChI=1S/C17H22N4O2/c1-2-5-13(6-3-1)22-15-9-8-12(11-19-15)16-20-17(23-21-16)14-7-4-10-18-14/h8-9,11,13-14,18H,1-7,10H2/t14-/m1/s1. The lowest BCUT2D eigenvalue weighted by atomic mass is 9.98. The highest BCUT2D eigenvalue weighted by Gasteiger charge is 2.23. The van der Waals surface area contributed by atoms with Gasteiger partial charge in [-0.2, -0.15) is 4.98 Å². The molecule has 1 saturated carbocycles. The Morgan fingerprint density at radius 3 is 2.74 bits per heavy atom. The summed E-state index contributed by atoms with van der Waals surface area (Å²) >= 11 is 0. The molecule has 4 rings (SSSR count). The fourth-order valence-corrected chi connectivity index (χ4v) is 3.33. The van der Waals surface area contributed by atoms with E-state index in [1.54, 1.807) is 6.20 Å². The van der Waals surface area contributed by atoms with Crippen LogP contribution in [0.5, 0.6) is 5.88 Å². The molecule has 2 fully saturated rings. The molecule has 2 aromatic heterocycles. The van der Waals surface area contributed by atoms with Crippen molar-refractivity contribution in [2.45, 2.75) is 57.1 Å². The summed E-state index contributed by atoms with van der Waals surface area (Å²) in [4.78, 5) is 8.88. The van der Waals surface area contributed by atoms with Gasteiger partial charge in [0, 0.05) is 17.8 Å². The van der Waals surface area contributed by atoms with Gasteiger partial charge >= 0.3 is 0 Å². The van der Waals surface area contributed by atoms with Gasteiger partial charge in [0.2, 0.25) is 17.6 Å². The summed E-state index contributed by atoms with van der Waals surface area (Å²) in [6.45, 7) is 1.01. The van der Waals surface area contributed by atoms with Gasteiger partial charge in [0.1, 0.15) is 6.10 Å². The van der Waals surface area contributed by atoms with Crippen molar-refractivity contribution in [1.29, 1.82) is 0 Å². The Morgan fingerprint density at radius 1 is 1.09 bits per heavy atom. The van der Waals surface area contributed by atoms with Crippen LogP contribution >= 0.6 is 0 Å². The van der Waals surface area contributed by atoms with Gasteiger partial charge in [0.05, 0.1) is 6.04 Å². The molecule has 2 aliphatic rings. The van der Waals surface area contributed by atoms with Crippen molar-refractivity contribution in [3.8, 4) is 17.3 Å². The average Bonchev–Trinajstić information content (AvgIpc) is 3.28. The zero-order valence-electron chi connectivity index (χ0n) is 13.2. The largest absolute Gasteiger partial charge is 0.474 e. The maximum atomic E-state index is 5.95. The van der Waals surface area contributed by atoms with Crippen LogP contribution in [-0.2, 0) is 0 Å². The molecule has 122 valence electrons. The van der Waals surface area contributed by atoms with Crippen molar-refractivity contribution < 1.29 is 9.26 Å². The highest BCUT2D eigenvalue weighted by Crippen LogP contribution is 2.26. The number of ether oxygens (including phenoxy) is 1. The quantitative estimate of drug-likeness (QED) is 0.933. The van der Waals surface area contributed by atoms with Crippen molar-refractivity contribution in [2.75, 3.05) is 6.54 Å². The van der Waals surface area contributed by atoms with Gasteiger partial charge in [-0.15, -0.1) is 0 Å². The number of hydrogen-bond acceptors (Lipinski definition) is 6. The lowest BCUT2D eigenvalue weighted by molar-refractivity contribution is 0.148. The van der Waals surface area contributed by atoms with Gasteiger partial charge in [0.15, 0.2) is 0 Å². The van der Waals surface area contributed by atoms with Crippen LogP contribution in [0.1, 0.15) is 56.9 Å². The molecule has 1 aliphatic heterocycles. The molecule has 3 heterocycles. The summed E-state index contributed by atoms with van der Waals surface area (Å²) in [5.74, 6) is 1.94. The highest BCUT2D eigenvalue weighted by molar-refractivity contribution is 5.53. The maximum absolute atomic E-state index is 5.95. The molecule has 0 spiro atoms. The maximum Gasteiger partial charge on any atom is 0.244 e. The van der Waals surface area contributed by atoms with Crippen LogP contribution < -0.4 is 10.1 Å². The Morgan fingerprint density at radius 2 is 2.00 bits per heavy atom. The van der Waals surface area contributed by atoms with E-state index in [9.17, 15) is 0 Å². The van der Waals surface area contributed by atoms with Crippen LogP contribution in [0, 0.1) is 0 Å². The van der Waals surface area contributed by atoms with Crippen molar-refractivity contribution in [3.63, 3.8) is 0 Å². The van der Waals surface area contributed by atoms with Crippen LogP contribution in [0.3, 0.4) is 0 Å². The minimum Gasteiger partial charge on any atom is -0.474 e. The molecule has 0 radical (unpaired) electrons. The lowest BCUT2D eigenvalue weighted by Crippen LogP contribution is -2.20. The average molecular weight is 314 g/mol. The SMILES string of the molecule is c1cc(OC2CCCCC2)ncc1-c1noc([C@H]2CCCN2)n1. The van der Waals surface area contributed by atoms with Gasteiger partial charge in [-0.3, -0.25) is 0 Å². The van der Waals surface area contributed by atoms with E-state index in [4.69, 9.17) is 9.26 Å². The number of rotatable bonds is 4. The van der Waals surface area contributed by atoms with E-state index in [1.807, 2.05) is 12.1 Å². The Kier molecular flexibility index (Phi) is 4.24. The summed E-state index contributed by atoms with van der Waals surface area (Å²) < 4.78 is 11.3. The fraction of sp³-hybridized carbons (Fsp3) is 0.588. The van der Waals surface area contributed by atoms with Gasteiger partial charge in [-0.1, -0.05) is 11.6 Å². The first-order valence-corrected chi connectivity index (χ1v) is 8.58. The minimum absolute atomic E-state index is 0.193. The second-order valence-corrected chi connectivity index (χ2v) is 6.37. The van der Waals surface area contributed by atoms with E-state index < -0.39 is 0 Å². The van der Waals surface area contributed by atoms with Crippen LogP contribution in [0.4, 0.5) is 0 Å². The monoisotopic (exact) mass is 314 g/mol. The van der Waals surface area contributed by atoms with Crippen LogP contribution in [-0.4, -0.2) is 27.8 Å². The third kappa shape index (κ3) is 3.37. The number of nitrogens with one attached hydrogen (secondary N) is 1. The highest BCUT2D eigenvalue weighted by atomic mass is 16.5. The van der Waals surface area contributed by atoms with E-state index in [0.29, 0.717) is 23.7 Å². The molecule has 23 heavy (non-hydrogen) atoms. The van der Waals surface area contributed by atoms with Crippen molar-refractivity contribution in [1.82, 2.24) is 20.4 Å². The van der Waals surface area contributed by atoms with Gasteiger partial charge in [-0.25, -0.2) is 4.98 Å². The van der Waals surface area contributed by atoms with E-state index in [-0.39, 0.29) is 6.04 Å². The molecule has 1 aliphatic carbocycles. The van der Waals surface area contributed by atoms with Crippen LogP contribution in [0.2, 0.25) is 0 Å². The molecule has 2 aromatic rings. The van der Waals surface area contributed by atoms with Crippen molar-refractivity contribution in [2.24, 2.45) is 0 Å². The molecule has 1 N–H and O–H groups in total. The fourth-order valence-electron chi connectivity index (χ4n) is 3.33. The van der Waals surface area contributed by atoms with Gasteiger partial charge in [0.25, 0.3) is 0 Å². The van der Waals surface area contributed by atoms with Gasteiger partial charge < -0.3 is 14.6 Å². The van der Waals surface area contributed by atoms with Crippen molar-refractivity contribution in [3.05, 3.63) is 24.2 Å². The zero-order chi connectivity index (χ0) is 15.5. The number of hydrogen-bond donors (Lipinski definition) is 1. The topological polar surface area (TPSA) is 73.1 Å². The lowest BCUT2D eigenvalue weighted by Gasteiger charge is -2.22. The summed E-state index contributed by atoms with van der Waals surface area (Å²) in [7, 11) is 0. The third-order valence-corrected chi connectivity index (χ3v) is 4.63. The first kappa shape index (κ1) is 14.6. The Hall–Kier alpha value is -1.95. The van der Waals surface area contributed by atoms with Crippen LogP contribution in [0.25, 0.3) is 11.4 Å². The molecule has 0 aromatic carbocycles. The smallest absolute Gasteiger partial charge is 0.244 e. The molecular weight excluding hydrogens is 292 g/mol. The molecule has 6 nitrogen and oxygen atoms in total. The van der Waals surface area contributed by atoms with E-state index >= 15 is 0 Å². The number of nitrogens with zero attached hydrogens (tertiary/aromatic N) is 3. The van der Waals surface area contributed by atoms with Crippen molar-refractivity contribution >= 4 is 0 Å². The zero-order valence-corrected chi connectivity index (χ0v) is 13.2. The molecule has 0 bridgehead atoms. The molecule has 0 unspecified atom stereocenters. The van der Waals surface area contributed by atoms with E-state index in [2.05, 4.69) is 20.4 Å². The summed E-state index contributed by atoms with van der Waals surface area (Å²) in [6.07, 6.45) is 10.4.